The first kappa shape index (κ1) is 14.3. The molecule has 104 valence electrons. The summed E-state index contributed by atoms with van der Waals surface area (Å²) in [5.74, 6) is 0.689. The maximum absolute atomic E-state index is 9.10. The minimum Gasteiger partial charge on any atom is -0.496 e. The van der Waals surface area contributed by atoms with Gasteiger partial charge in [-0.1, -0.05) is 30.3 Å². The Morgan fingerprint density at radius 2 is 2.00 bits per heavy atom. The molecule has 0 fully saturated rings. The summed E-state index contributed by atoms with van der Waals surface area (Å²) in [6.45, 7) is 4.45. The largest absolute Gasteiger partial charge is 0.496 e. The van der Waals surface area contributed by atoms with Crippen molar-refractivity contribution in [2.75, 3.05) is 6.61 Å². The second-order valence-corrected chi connectivity index (χ2v) is 4.76. The van der Waals surface area contributed by atoms with Crippen LogP contribution in [0.3, 0.4) is 0 Å². The fraction of sp³-hybridized carbons (Fsp3) is 0.312. The minimum atomic E-state index is -0.500. The molecule has 0 saturated carbocycles. The molecule has 0 aromatic heterocycles. The van der Waals surface area contributed by atoms with E-state index in [1.54, 1.807) is 0 Å². The molecule has 0 aliphatic heterocycles. The van der Waals surface area contributed by atoms with Gasteiger partial charge in [-0.05, 0) is 37.0 Å². The molecule has 0 amide bonds. The van der Waals surface area contributed by atoms with Crippen molar-refractivity contribution in [1.82, 2.24) is 0 Å². The van der Waals surface area contributed by atoms with Crippen LogP contribution in [-0.4, -0.2) is 23.2 Å². The summed E-state index contributed by atoms with van der Waals surface area (Å²) in [4.78, 5) is 3.29. The number of benzene rings is 1. The molecule has 2 N–H and O–H groups in total. The van der Waals surface area contributed by atoms with E-state index in [0.29, 0.717) is 18.1 Å². The third-order valence-corrected chi connectivity index (χ3v) is 3.43. The number of nitrogens with two attached hydrogens (primary N) is 1. The zero-order chi connectivity index (χ0) is 14.5. The van der Waals surface area contributed by atoms with E-state index in [4.69, 9.17) is 16.0 Å². The normalized spacial score (nSPS) is 18.6. The van der Waals surface area contributed by atoms with E-state index in [1.807, 2.05) is 38.1 Å². The highest BCUT2D eigenvalue weighted by Crippen LogP contribution is 2.26. The third-order valence-electron chi connectivity index (χ3n) is 3.43. The highest BCUT2D eigenvalue weighted by molar-refractivity contribution is 5.99. The molecule has 0 heterocycles. The molecule has 0 saturated heterocycles. The van der Waals surface area contributed by atoms with Gasteiger partial charge in [0, 0.05) is 6.08 Å². The highest BCUT2D eigenvalue weighted by Gasteiger charge is 2.31. The lowest BCUT2D eigenvalue weighted by Crippen LogP contribution is -2.37. The quantitative estimate of drug-likeness (QED) is 0.673. The Hall–Kier alpha value is -2.16. The summed E-state index contributed by atoms with van der Waals surface area (Å²) >= 11 is 0. The predicted molar refractivity (Wildman–Crippen MR) is 79.2 cm³/mol. The molecule has 0 bridgehead atoms. The number of nitrogens with zero attached hydrogens (tertiary/aromatic N) is 2. The van der Waals surface area contributed by atoms with Crippen LogP contribution in [0.1, 0.15) is 19.4 Å². The lowest BCUT2D eigenvalue weighted by Gasteiger charge is -2.22. The smallest absolute Gasteiger partial charge is 0.316 e. The van der Waals surface area contributed by atoms with E-state index in [0.717, 1.165) is 17.6 Å². The summed E-state index contributed by atoms with van der Waals surface area (Å²) < 4.78 is 5.63. The first-order valence-electron chi connectivity index (χ1n) is 6.73. The molecule has 0 spiro atoms. The molecule has 1 unspecified atom stereocenters. The Morgan fingerprint density at radius 3 is 2.60 bits per heavy atom. The van der Waals surface area contributed by atoms with Crippen molar-refractivity contribution in [3.05, 3.63) is 64.4 Å². The first-order valence-corrected chi connectivity index (χ1v) is 6.73. The zero-order valence-electron chi connectivity index (χ0n) is 11.8. The van der Waals surface area contributed by atoms with Gasteiger partial charge in [-0.2, -0.15) is 4.79 Å². The fourth-order valence-electron chi connectivity index (χ4n) is 2.35. The molecule has 1 aromatic carbocycles. The van der Waals surface area contributed by atoms with Gasteiger partial charge < -0.3 is 16.0 Å². The van der Waals surface area contributed by atoms with E-state index in [9.17, 15) is 0 Å². The molecule has 1 aromatic rings. The van der Waals surface area contributed by atoms with Gasteiger partial charge >= 0.3 is 5.71 Å². The van der Waals surface area contributed by atoms with Crippen molar-refractivity contribution in [2.45, 2.75) is 26.3 Å². The second-order valence-electron chi connectivity index (χ2n) is 4.76. The first-order chi connectivity index (χ1) is 9.67. The van der Waals surface area contributed by atoms with Gasteiger partial charge in [0.2, 0.25) is 0 Å². The Kier molecular flexibility index (Phi) is 4.51. The fourth-order valence-corrected chi connectivity index (χ4v) is 2.35. The predicted octanol–water partition coefficient (Wildman–Crippen LogP) is 2.48. The SMILES string of the molecule is CCOC1=C(C)C(Cc2ccccc2)=CC(=[N+]=[N-])C1N. The minimum absolute atomic E-state index is 0.435. The van der Waals surface area contributed by atoms with Crippen molar-refractivity contribution in [1.29, 1.82) is 0 Å². The average molecular weight is 269 g/mol. The van der Waals surface area contributed by atoms with Gasteiger partial charge in [-0.25, -0.2) is 0 Å². The molecular formula is C16H19N3O. The van der Waals surface area contributed by atoms with E-state index < -0.39 is 6.04 Å². The van der Waals surface area contributed by atoms with Gasteiger partial charge in [0.1, 0.15) is 5.76 Å². The number of hydrogen-bond donors (Lipinski definition) is 1. The topological polar surface area (TPSA) is 71.7 Å². The maximum atomic E-state index is 9.10. The summed E-state index contributed by atoms with van der Waals surface area (Å²) in [6.07, 6.45) is 2.60. The molecule has 1 atom stereocenters. The Morgan fingerprint density at radius 1 is 1.30 bits per heavy atom. The Labute approximate surface area is 119 Å². The van der Waals surface area contributed by atoms with E-state index in [2.05, 4.69) is 16.9 Å². The van der Waals surface area contributed by atoms with Crippen LogP contribution in [0.15, 0.2) is 53.3 Å². The molecule has 2 rings (SSSR count). The van der Waals surface area contributed by atoms with Crippen LogP contribution < -0.4 is 5.73 Å². The van der Waals surface area contributed by atoms with Gasteiger partial charge in [-0.15, -0.1) is 0 Å². The molecule has 1 aliphatic carbocycles. The molecule has 20 heavy (non-hydrogen) atoms. The molecule has 4 heteroatoms. The Bertz CT molecular complexity index is 595. The van der Waals surface area contributed by atoms with E-state index in [1.165, 1.54) is 5.56 Å². The molecule has 0 radical (unpaired) electrons. The number of allylic oxidation sites excluding steroid dienone is 2. The van der Waals surface area contributed by atoms with Gasteiger partial charge in [-0.3, -0.25) is 0 Å². The molecule has 4 nitrogen and oxygen atoms in total. The van der Waals surface area contributed by atoms with Crippen LogP contribution in [0.4, 0.5) is 0 Å². The monoisotopic (exact) mass is 269 g/mol. The van der Waals surface area contributed by atoms with Crippen molar-refractivity contribution in [2.24, 2.45) is 5.73 Å². The van der Waals surface area contributed by atoms with Gasteiger partial charge in [0.15, 0.2) is 6.04 Å². The summed E-state index contributed by atoms with van der Waals surface area (Å²) in [6, 6.07) is 9.64. The second kappa shape index (κ2) is 6.33. The summed E-state index contributed by atoms with van der Waals surface area (Å²) in [5, 5.41) is 0. The van der Waals surface area contributed by atoms with Crippen LogP contribution in [0.5, 0.6) is 0 Å². The van der Waals surface area contributed by atoms with Crippen LogP contribution in [0.2, 0.25) is 0 Å². The maximum Gasteiger partial charge on any atom is 0.316 e. The standard InChI is InChI=1S/C16H19N3O/c1-3-20-16-11(2)13(10-14(19-18)15(16)17)9-12-7-5-4-6-8-12/h4-8,10,15H,3,9,17H2,1-2H3. The summed E-state index contributed by atoms with van der Waals surface area (Å²) in [5.41, 5.74) is 18.9. The van der Waals surface area contributed by atoms with Crippen LogP contribution in [0, 0.1) is 0 Å². The zero-order valence-corrected chi connectivity index (χ0v) is 11.8. The van der Waals surface area contributed by atoms with Crippen LogP contribution >= 0.6 is 0 Å². The number of ether oxygens (including phenoxy) is 1. The highest BCUT2D eigenvalue weighted by atomic mass is 16.5. The number of rotatable bonds is 4. The van der Waals surface area contributed by atoms with E-state index in [-0.39, 0.29) is 0 Å². The van der Waals surface area contributed by atoms with Gasteiger partial charge in [0.25, 0.3) is 0 Å². The third kappa shape index (κ3) is 2.87. The van der Waals surface area contributed by atoms with E-state index >= 15 is 0 Å². The lowest BCUT2D eigenvalue weighted by molar-refractivity contribution is -0.00865. The van der Waals surface area contributed by atoms with Crippen molar-refractivity contribution in [3.8, 4) is 0 Å². The van der Waals surface area contributed by atoms with Crippen LogP contribution in [0.25, 0.3) is 5.53 Å². The van der Waals surface area contributed by atoms with Crippen LogP contribution in [-0.2, 0) is 11.2 Å². The van der Waals surface area contributed by atoms with Crippen molar-refractivity contribution in [3.63, 3.8) is 0 Å². The average Bonchev–Trinajstić information content (AvgIpc) is 2.47. The van der Waals surface area contributed by atoms with Gasteiger partial charge in [0.05, 0.1) is 6.61 Å². The molecular weight excluding hydrogens is 250 g/mol. The number of hydrogen-bond acceptors (Lipinski definition) is 2. The van der Waals surface area contributed by atoms with Crippen molar-refractivity contribution < 1.29 is 9.53 Å². The summed E-state index contributed by atoms with van der Waals surface area (Å²) in [7, 11) is 0. The lowest BCUT2D eigenvalue weighted by atomic mass is 9.89. The Balaban J connectivity index is 2.37. The molecule has 1 aliphatic rings. The van der Waals surface area contributed by atoms with Crippen molar-refractivity contribution >= 4 is 5.71 Å².